The van der Waals surface area contributed by atoms with Crippen molar-refractivity contribution < 1.29 is 27.1 Å². The largest absolute Gasteiger partial charge is 0.424 e. The molecule has 0 aromatic carbocycles. The maximum absolute atomic E-state index is 14.6. The summed E-state index contributed by atoms with van der Waals surface area (Å²) in [6.45, 7) is 3.10. The number of aryl methyl sites for hydroxylation is 1. The number of ketones is 1. The van der Waals surface area contributed by atoms with Crippen LogP contribution in [0.1, 0.15) is 46.9 Å². The number of pyridine rings is 2. The van der Waals surface area contributed by atoms with E-state index in [-0.39, 0.29) is 23.5 Å². The Kier molecular flexibility index (Phi) is 5.78. The number of Topliss-reactive ketones (excluding diaryl/α,β-unsaturated/α-hetero) is 1. The molecule has 2 atom stereocenters. The lowest BCUT2D eigenvalue weighted by Gasteiger charge is -2.40. The summed E-state index contributed by atoms with van der Waals surface area (Å²) in [4.78, 5) is 24.7. The van der Waals surface area contributed by atoms with Crippen LogP contribution in [0.25, 0.3) is 0 Å². The van der Waals surface area contributed by atoms with Gasteiger partial charge in [0.15, 0.2) is 5.78 Å². The number of nitrogens with two attached hydrogens (primary N) is 1. The number of ether oxygens (including phenoxy) is 1. The smallest absolute Gasteiger partial charge is 0.385 e. The van der Waals surface area contributed by atoms with E-state index in [9.17, 15) is 22.4 Å². The third-order valence-corrected chi connectivity index (χ3v) is 5.27. The summed E-state index contributed by atoms with van der Waals surface area (Å²) in [5.41, 5.74) is 1.94. The summed E-state index contributed by atoms with van der Waals surface area (Å²) in [7, 11) is 0. The van der Waals surface area contributed by atoms with Crippen LogP contribution in [-0.4, -0.2) is 40.0 Å². The molecule has 7 nitrogen and oxygen atoms in total. The molecule has 0 radical (unpaired) electrons. The highest BCUT2D eigenvalue weighted by atomic mass is 19.4. The second-order valence-corrected chi connectivity index (χ2v) is 7.82. The highest BCUT2D eigenvalue weighted by Crippen LogP contribution is 2.40. The van der Waals surface area contributed by atoms with Gasteiger partial charge in [-0.3, -0.25) is 19.8 Å². The molecule has 1 aliphatic heterocycles. The first-order valence-corrected chi connectivity index (χ1v) is 9.43. The molecular formula is C21H19F4N5O2. The average Bonchev–Trinajstić information content (AvgIpc) is 2.71. The molecular weight excluding hydrogens is 430 g/mol. The molecule has 3 heterocycles. The molecule has 2 N–H and O–H groups in total. The number of rotatable bonds is 4. The van der Waals surface area contributed by atoms with E-state index in [0.29, 0.717) is 11.1 Å². The van der Waals surface area contributed by atoms with Crippen molar-refractivity contribution >= 4 is 11.6 Å². The highest BCUT2D eigenvalue weighted by Gasteiger charge is 2.59. The molecule has 0 spiro atoms. The molecule has 1 aliphatic rings. The molecule has 0 unspecified atom stereocenters. The minimum Gasteiger partial charge on any atom is -0.385 e. The fourth-order valence-corrected chi connectivity index (χ4v) is 3.25. The molecule has 32 heavy (non-hydrogen) atoms. The molecule has 0 saturated carbocycles. The summed E-state index contributed by atoms with van der Waals surface area (Å²) in [5.74, 6) is -2.10. The normalized spacial score (nSPS) is 23.4. The van der Waals surface area contributed by atoms with Gasteiger partial charge in [-0.05, 0) is 44.5 Å². The standard InChI is InChI=1S/C21H19F4N5O2/c1-11-6-12(8-26)9-28-16(11)15(31)7-13-4-5-14(22)17(29-13)19(2)10-32-20(3,18(27)30-19)21(23,24)25/h4-6,9H,7,10H2,1-3H3,(H2,27,30)/t19-,20-/m1/s1. The number of aromatic nitrogens is 2. The third-order valence-electron chi connectivity index (χ3n) is 5.27. The first kappa shape index (κ1) is 23.3. The van der Waals surface area contributed by atoms with E-state index in [1.54, 1.807) is 6.92 Å². The number of hydrogen-bond acceptors (Lipinski definition) is 7. The van der Waals surface area contributed by atoms with Crippen LogP contribution in [0, 0.1) is 24.1 Å². The van der Waals surface area contributed by atoms with E-state index in [0.717, 1.165) is 13.0 Å². The van der Waals surface area contributed by atoms with E-state index >= 15 is 0 Å². The number of halogens is 4. The number of nitriles is 1. The summed E-state index contributed by atoms with van der Waals surface area (Å²) in [5, 5.41) is 8.91. The zero-order valence-corrected chi connectivity index (χ0v) is 17.4. The van der Waals surface area contributed by atoms with Crippen LogP contribution in [0.5, 0.6) is 0 Å². The zero-order chi connectivity index (χ0) is 23.9. The maximum Gasteiger partial charge on any atom is 0.424 e. The molecule has 0 fully saturated rings. The van der Waals surface area contributed by atoms with Gasteiger partial charge in [-0.1, -0.05) is 0 Å². The van der Waals surface area contributed by atoms with E-state index < -0.39 is 41.4 Å². The molecule has 2 aromatic heterocycles. The lowest BCUT2D eigenvalue weighted by atomic mass is 9.93. The Balaban J connectivity index is 1.93. The Bertz CT molecular complexity index is 1160. The second kappa shape index (κ2) is 7.94. The molecule has 0 saturated heterocycles. The lowest BCUT2D eigenvalue weighted by Crippen LogP contribution is -2.60. The molecule has 3 rings (SSSR count). The van der Waals surface area contributed by atoms with E-state index in [1.807, 2.05) is 6.07 Å². The first-order valence-electron chi connectivity index (χ1n) is 9.43. The third kappa shape index (κ3) is 4.05. The van der Waals surface area contributed by atoms with Crippen LogP contribution in [0.4, 0.5) is 17.6 Å². The molecule has 0 amide bonds. The van der Waals surface area contributed by atoms with Crippen molar-refractivity contribution in [3.8, 4) is 6.07 Å². The SMILES string of the molecule is Cc1cc(C#N)cnc1C(=O)Cc1ccc(F)c([C@@]2(C)CO[C@@](C)(C(F)(F)F)C(N)=N2)n1. The Morgan fingerprint density at radius 2 is 2.03 bits per heavy atom. The van der Waals surface area contributed by atoms with Gasteiger partial charge in [0, 0.05) is 11.9 Å². The number of carbonyl (C=O) groups excluding carboxylic acids is 1. The average molecular weight is 449 g/mol. The first-order chi connectivity index (χ1) is 14.8. The van der Waals surface area contributed by atoms with Crippen molar-refractivity contribution in [2.24, 2.45) is 10.7 Å². The van der Waals surface area contributed by atoms with Crippen LogP contribution < -0.4 is 5.73 Å². The Morgan fingerprint density at radius 1 is 1.34 bits per heavy atom. The number of nitrogens with zero attached hydrogens (tertiary/aromatic N) is 4. The fourth-order valence-electron chi connectivity index (χ4n) is 3.25. The highest BCUT2D eigenvalue weighted by molar-refractivity contribution is 5.96. The maximum atomic E-state index is 14.6. The van der Waals surface area contributed by atoms with Crippen molar-refractivity contribution in [2.45, 2.75) is 44.5 Å². The van der Waals surface area contributed by atoms with Gasteiger partial charge in [-0.25, -0.2) is 4.39 Å². The number of carbonyl (C=O) groups is 1. The van der Waals surface area contributed by atoms with Crippen LogP contribution in [0.3, 0.4) is 0 Å². The Hall–Kier alpha value is -3.39. The quantitative estimate of drug-likeness (QED) is 0.567. The monoisotopic (exact) mass is 449 g/mol. The fraction of sp³-hybridized carbons (Fsp3) is 0.381. The molecule has 0 bridgehead atoms. The van der Waals surface area contributed by atoms with E-state index in [1.165, 1.54) is 25.3 Å². The van der Waals surface area contributed by atoms with Gasteiger partial charge in [0.05, 0.1) is 18.6 Å². The van der Waals surface area contributed by atoms with E-state index in [4.69, 9.17) is 15.7 Å². The van der Waals surface area contributed by atoms with Crippen LogP contribution in [0.15, 0.2) is 29.4 Å². The van der Waals surface area contributed by atoms with Crippen molar-refractivity contribution in [1.82, 2.24) is 9.97 Å². The van der Waals surface area contributed by atoms with Gasteiger partial charge in [-0.15, -0.1) is 0 Å². The minimum atomic E-state index is -4.81. The molecule has 11 heteroatoms. The van der Waals surface area contributed by atoms with Gasteiger partial charge in [0.1, 0.15) is 34.6 Å². The second-order valence-electron chi connectivity index (χ2n) is 7.82. The van der Waals surface area contributed by atoms with Crippen molar-refractivity contribution in [3.05, 3.63) is 58.4 Å². The number of alkyl halides is 3. The molecule has 168 valence electrons. The van der Waals surface area contributed by atoms with Gasteiger partial charge in [-0.2, -0.15) is 18.4 Å². The van der Waals surface area contributed by atoms with Gasteiger partial charge in [0.25, 0.3) is 0 Å². The van der Waals surface area contributed by atoms with Gasteiger partial charge >= 0.3 is 6.18 Å². The zero-order valence-electron chi connectivity index (χ0n) is 17.4. The summed E-state index contributed by atoms with van der Waals surface area (Å²) in [6.07, 6.45) is -3.79. The van der Waals surface area contributed by atoms with Crippen molar-refractivity contribution in [2.75, 3.05) is 6.61 Å². The number of hydrogen-bond donors (Lipinski definition) is 1. The number of aliphatic imine (C=N–C) groups is 1. The molecule has 0 aliphatic carbocycles. The van der Waals surface area contributed by atoms with Crippen molar-refractivity contribution in [3.63, 3.8) is 0 Å². The Labute approximate surface area is 181 Å². The lowest BCUT2D eigenvalue weighted by molar-refractivity contribution is -0.249. The Morgan fingerprint density at radius 3 is 2.59 bits per heavy atom. The summed E-state index contributed by atoms with van der Waals surface area (Å²) < 4.78 is 59.6. The van der Waals surface area contributed by atoms with Crippen LogP contribution in [-0.2, 0) is 16.7 Å². The topological polar surface area (TPSA) is 114 Å². The predicted octanol–water partition coefficient (Wildman–Crippen LogP) is 3.14. The van der Waals surface area contributed by atoms with Crippen LogP contribution >= 0.6 is 0 Å². The van der Waals surface area contributed by atoms with E-state index in [2.05, 4.69) is 15.0 Å². The minimum absolute atomic E-state index is 0.132. The van der Waals surface area contributed by atoms with Crippen molar-refractivity contribution in [1.29, 1.82) is 5.26 Å². The predicted molar refractivity (Wildman–Crippen MR) is 105 cm³/mol. The van der Waals surface area contributed by atoms with Gasteiger partial charge < -0.3 is 10.5 Å². The number of amidine groups is 1. The molecule has 2 aromatic rings. The van der Waals surface area contributed by atoms with Gasteiger partial charge in [0.2, 0.25) is 5.60 Å². The summed E-state index contributed by atoms with van der Waals surface area (Å²) >= 11 is 0. The van der Waals surface area contributed by atoms with Crippen LogP contribution in [0.2, 0.25) is 0 Å². The summed E-state index contributed by atoms with van der Waals surface area (Å²) in [6, 6.07) is 5.78.